The molecule has 2 N–H and O–H groups in total. The molecule has 0 saturated carbocycles. The Bertz CT molecular complexity index is 1380. The number of nitrogens with one attached hydrogen (secondary N) is 1. The first-order valence-corrected chi connectivity index (χ1v) is 16.4. The fraction of sp³-hybridized carbons (Fsp3) is 0.581. The highest BCUT2D eigenvalue weighted by Gasteiger charge is 2.43. The lowest BCUT2D eigenvalue weighted by atomic mass is 9.85. The van der Waals surface area contributed by atoms with Crippen molar-refractivity contribution in [2.45, 2.75) is 82.1 Å². The van der Waals surface area contributed by atoms with Crippen LogP contribution in [0.3, 0.4) is 0 Å². The number of aliphatic hydroxyl groups is 1. The van der Waals surface area contributed by atoms with Crippen molar-refractivity contribution in [1.29, 1.82) is 0 Å². The minimum Gasteiger partial charge on any atom is -0.506 e. The number of amides is 2. The summed E-state index contributed by atoms with van der Waals surface area (Å²) in [5.74, 6) is -0.874. The van der Waals surface area contributed by atoms with Crippen molar-refractivity contribution in [3.05, 3.63) is 27.2 Å². The minimum atomic E-state index is -0.690. The molecule has 2 heterocycles. The van der Waals surface area contributed by atoms with Crippen molar-refractivity contribution in [3.8, 4) is 0 Å². The Morgan fingerprint density at radius 3 is 2.00 bits per heavy atom. The highest BCUT2D eigenvalue weighted by atomic mass is 32.2. The molecule has 1 aromatic heterocycles. The molecular weight excluding hydrogens is 571 g/mol. The SMILES string of the molecule is CCN(CC)C1=NC(=NC(=O)C(C)(C)CC)C(=C2C(=O)C(c3sc(N(CC)CC)cc3NC(=O)C(C)(C)CC)=C2O)S1. The Balaban J connectivity index is 2.18. The van der Waals surface area contributed by atoms with E-state index >= 15 is 0 Å². The van der Waals surface area contributed by atoms with E-state index in [0.717, 1.165) is 18.1 Å². The molecule has 2 aliphatic rings. The van der Waals surface area contributed by atoms with Crippen LogP contribution < -0.4 is 10.2 Å². The standard InChI is InChI=1S/C31H45N5O4S2/c1-11-30(7,8)27(39)32-18-17-19(35(13-3)14-4)41-24(18)20-22(37)21(23(20)38)25-26(33-28(40)31(9,10)12-2)34-29(42-25)36(15-5)16-6/h17,37H,11-16H2,1-10H3,(H,32,39). The number of thiophene rings is 1. The zero-order valence-corrected chi connectivity index (χ0v) is 28.2. The maximum Gasteiger partial charge on any atom is 0.253 e. The van der Waals surface area contributed by atoms with Gasteiger partial charge < -0.3 is 20.2 Å². The summed E-state index contributed by atoms with van der Waals surface area (Å²) in [5.41, 5.74) is -0.539. The van der Waals surface area contributed by atoms with E-state index in [1.165, 1.54) is 23.1 Å². The average Bonchev–Trinajstić information content (AvgIpc) is 3.54. The first kappa shape index (κ1) is 33.6. The van der Waals surface area contributed by atoms with Crippen molar-refractivity contribution in [2.75, 3.05) is 36.4 Å². The van der Waals surface area contributed by atoms with E-state index in [9.17, 15) is 19.5 Å². The summed E-state index contributed by atoms with van der Waals surface area (Å²) in [4.78, 5) is 54.1. The van der Waals surface area contributed by atoms with Gasteiger partial charge in [-0.15, -0.1) is 11.3 Å². The van der Waals surface area contributed by atoms with Gasteiger partial charge >= 0.3 is 0 Å². The number of rotatable bonds is 11. The van der Waals surface area contributed by atoms with E-state index in [1.54, 1.807) is 0 Å². The largest absolute Gasteiger partial charge is 0.506 e. The van der Waals surface area contributed by atoms with Gasteiger partial charge in [0.05, 0.1) is 31.6 Å². The van der Waals surface area contributed by atoms with Crippen LogP contribution in [0.25, 0.3) is 5.57 Å². The van der Waals surface area contributed by atoms with Gasteiger partial charge in [-0.1, -0.05) is 41.5 Å². The first-order chi connectivity index (χ1) is 19.7. The van der Waals surface area contributed by atoms with E-state index in [4.69, 9.17) is 0 Å². The molecule has 0 fully saturated rings. The summed E-state index contributed by atoms with van der Waals surface area (Å²) in [6.07, 6.45) is 1.24. The number of thioether (sulfide) groups is 1. The molecule has 42 heavy (non-hydrogen) atoms. The van der Waals surface area contributed by atoms with Gasteiger partial charge in [0.15, 0.2) is 11.0 Å². The molecule has 0 radical (unpaired) electrons. The van der Waals surface area contributed by atoms with E-state index in [-0.39, 0.29) is 40.3 Å². The summed E-state index contributed by atoms with van der Waals surface area (Å²) >= 11 is 2.61. The molecule has 9 nitrogen and oxygen atoms in total. The van der Waals surface area contributed by atoms with Crippen molar-refractivity contribution in [1.82, 2.24) is 4.90 Å². The van der Waals surface area contributed by atoms with E-state index < -0.39 is 10.8 Å². The molecule has 1 aromatic rings. The van der Waals surface area contributed by atoms with E-state index in [0.29, 0.717) is 46.6 Å². The van der Waals surface area contributed by atoms with Gasteiger partial charge in [0, 0.05) is 37.0 Å². The molecule has 0 atom stereocenters. The number of nitrogens with zero attached hydrogens (tertiary/aromatic N) is 4. The van der Waals surface area contributed by atoms with Gasteiger partial charge in [0.1, 0.15) is 5.76 Å². The van der Waals surface area contributed by atoms with Gasteiger partial charge in [-0.05, 0) is 58.4 Å². The highest BCUT2D eigenvalue weighted by Crippen LogP contribution is 2.49. The lowest BCUT2D eigenvalue weighted by molar-refractivity contribution is -0.126. The lowest BCUT2D eigenvalue weighted by Gasteiger charge is -2.25. The molecule has 0 spiro atoms. The van der Waals surface area contributed by atoms with Crippen LogP contribution in [-0.4, -0.2) is 64.8 Å². The molecular formula is C31H45N5O4S2. The van der Waals surface area contributed by atoms with Gasteiger partial charge in [-0.2, -0.15) is 4.99 Å². The number of ketones is 1. The fourth-order valence-electron chi connectivity index (χ4n) is 4.19. The summed E-state index contributed by atoms with van der Waals surface area (Å²) in [6, 6.07) is 1.87. The molecule has 0 aromatic carbocycles. The number of amidine groups is 2. The predicted molar refractivity (Wildman–Crippen MR) is 177 cm³/mol. The Morgan fingerprint density at radius 2 is 1.50 bits per heavy atom. The Morgan fingerprint density at radius 1 is 0.929 bits per heavy atom. The van der Waals surface area contributed by atoms with Crippen LogP contribution in [-0.2, 0) is 14.4 Å². The topological polar surface area (TPSA) is 115 Å². The molecule has 1 aliphatic carbocycles. The number of anilines is 2. The van der Waals surface area contributed by atoms with Gasteiger partial charge in [0.25, 0.3) is 5.91 Å². The predicted octanol–water partition coefficient (Wildman–Crippen LogP) is 6.88. The summed E-state index contributed by atoms with van der Waals surface area (Å²) in [6.45, 7) is 22.3. The number of allylic oxidation sites excluding steroid dienone is 2. The van der Waals surface area contributed by atoms with Crippen LogP contribution >= 0.6 is 23.1 Å². The molecule has 1 aliphatic heterocycles. The van der Waals surface area contributed by atoms with E-state index in [1.807, 2.05) is 80.2 Å². The van der Waals surface area contributed by atoms with Crippen LogP contribution in [0.15, 0.2) is 32.3 Å². The second-order valence-corrected chi connectivity index (χ2v) is 13.6. The molecule has 3 rings (SSSR count). The molecule has 11 heteroatoms. The molecule has 0 saturated heterocycles. The van der Waals surface area contributed by atoms with Gasteiger partial charge in [-0.25, -0.2) is 4.99 Å². The maximum atomic E-state index is 13.9. The number of Topliss-reactive ketones (excluding diaryl/α,β-unsaturated/α-hetero) is 1. The number of aliphatic imine (C=N–C) groups is 2. The fourth-order valence-corrected chi connectivity index (χ4v) is 6.65. The van der Waals surface area contributed by atoms with Gasteiger partial charge in [0.2, 0.25) is 11.7 Å². The average molecular weight is 616 g/mol. The Labute approximate surface area is 258 Å². The Hall–Kier alpha value is -2.92. The monoisotopic (exact) mass is 615 g/mol. The minimum absolute atomic E-state index is 0.103. The number of aliphatic hydroxyl groups excluding tert-OH is 1. The van der Waals surface area contributed by atoms with Crippen molar-refractivity contribution in [3.63, 3.8) is 0 Å². The molecule has 0 bridgehead atoms. The van der Waals surface area contributed by atoms with Crippen molar-refractivity contribution in [2.24, 2.45) is 20.8 Å². The van der Waals surface area contributed by atoms with Crippen LogP contribution in [0.1, 0.15) is 87.0 Å². The van der Waals surface area contributed by atoms with Crippen LogP contribution in [0, 0.1) is 10.8 Å². The number of hydrogen-bond acceptors (Lipinski definition) is 8. The third kappa shape index (κ3) is 6.37. The molecule has 2 amide bonds. The van der Waals surface area contributed by atoms with Crippen LogP contribution in [0.4, 0.5) is 10.7 Å². The second-order valence-electron chi connectivity index (χ2n) is 11.6. The summed E-state index contributed by atoms with van der Waals surface area (Å²) in [7, 11) is 0. The van der Waals surface area contributed by atoms with Crippen molar-refractivity contribution >= 4 is 68.0 Å². The third-order valence-electron chi connectivity index (χ3n) is 8.23. The third-order valence-corrected chi connectivity index (χ3v) is 10.6. The second kappa shape index (κ2) is 13.2. The van der Waals surface area contributed by atoms with Gasteiger partial charge in [-0.3, -0.25) is 14.4 Å². The van der Waals surface area contributed by atoms with Crippen molar-refractivity contribution < 1.29 is 19.5 Å². The highest BCUT2D eigenvalue weighted by molar-refractivity contribution is 8.18. The van der Waals surface area contributed by atoms with E-state index in [2.05, 4.69) is 20.2 Å². The molecule has 0 unspecified atom stereocenters. The summed E-state index contributed by atoms with van der Waals surface area (Å²) < 4.78 is 0. The number of carbonyl (C=O) groups excluding carboxylic acids is 3. The van der Waals surface area contributed by atoms with Crippen LogP contribution in [0.2, 0.25) is 0 Å². The zero-order chi connectivity index (χ0) is 31.6. The lowest BCUT2D eigenvalue weighted by Crippen LogP contribution is -2.30. The van der Waals surface area contributed by atoms with Crippen LogP contribution in [0.5, 0.6) is 0 Å². The zero-order valence-electron chi connectivity index (χ0n) is 26.6. The molecule has 230 valence electrons. The summed E-state index contributed by atoms with van der Waals surface area (Å²) in [5, 5.41) is 16.0. The maximum absolute atomic E-state index is 13.9. The first-order valence-electron chi connectivity index (χ1n) is 14.8. The quantitative estimate of drug-likeness (QED) is 0.261. The number of hydrogen-bond donors (Lipinski definition) is 2. The number of carbonyl (C=O) groups is 3. The normalized spacial score (nSPS) is 18.4. The smallest absolute Gasteiger partial charge is 0.253 e. The Kier molecular flexibility index (Phi) is 10.5.